The quantitative estimate of drug-likeness (QED) is 0.642. The Bertz CT molecular complexity index is 650. The lowest BCUT2D eigenvalue weighted by Crippen LogP contribution is -2.11. The first kappa shape index (κ1) is 15.6. The van der Waals surface area contributed by atoms with Gasteiger partial charge in [-0.15, -0.1) is 0 Å². The van der Waals surface area contributed by atoms with E-state index in [1.54, 1.807) is 24.3 Å². The molecule has 0 bridgehead atoms. The highest BCUT2D eigenvalue weighted by molar-refractivity contribution is 7.99. The molecule has 0 aliphatic heterocycles. The largest absolute Gasteiger partial charge is 0.398 e. The van der Waals surface area contributed by atoms with Gasteiger partial charge in [0.05, 0.1) is 10.7 Å². The van der Waals surface area contributed by atoms with Crippen LogP contribution in [0.3, 0.4) is 0 Å². The molecule has 0 heterocycles. The molecule has 0 fully saturated rings. The monoisotopic (exact) mass is 328 g/mol. The fourth-order valence-electron chi connectivity index (χ4n) is 1.59. The molecular weight excluding hydrogens is 318 g/mol. The lowest BCUT2D eigenvalue weighted by molar-refractivity contribution is 0.102. The Morgan fingerprint density at radius 1 is 1.19 bits per heavy atom. The maximum absolute atomic E-state index is 12.2. The SMILES string of the molecule is Nc1ccc(C(=O)Nc2ccc(SC(F)F)cc2)cc1Cl. The molecule has 0 spiro atoms. The molecule has 3 N–H and O–H groups in total. The summed E-state index contributed by atoms with van der Waals surface area (Å²) in [6.45, 7) is 0. The fraction of sp³-hybridized carbons (Fsp3) is 0.0714. The van der Waals surface area contributed by atoms with Crippen LogP contribution in [0.15, 0.2) is 47.4 Å². The number of rotatable bonds is 4. The minimum absolute atomic E-state index is 0.298. The minimum atomic E-state index is -2.47. The molecule has 0 aliphatic rings. The lowest BCUT2D eigenvalue weighted by atomic mass is 10.2. The van der Waals surface area contributed by atoms with Gasteiger partial charge >= 0.3 is 0 Å². The van der Waals surface area contributed by atoms with E-state index in [1.165, 1.54) is 18.2 Å². The second kappa shape index (κ2) is 6.78. The van der Waals surface area contributed by atoms with Gasteiger partial charge < -0.3 is 11.1 Å². The zero-order valence-electron chi connectivity index (χ0n) is 10.6. The highest BCUT2D eigenvalue weighted by Crippen LogP contribution is 2.26. The van der Waals surface area contributed by atoms with Crippen molar-refractivity contribution in [2.24, 2.45) is 0 Å². The van der Waals surface area contributed by atoms with Crippen LogP contribution in [0.4, 0.5) is 20.2 Å². The van der Waals surface area contributed by atoms with Gasteiger partial charge in [-0.3, -0.25) is 4.79 Å². The number of hydrogen-bond donors (Lipinski definition) is 2. The third-order valence-electron chi connectivity index (χ3n) is 2.60. The van der Waals surface area contributed by atoms with Gasteiger partial charge in [0.1, 0.15) is 0 Å². The number of nitrogen functional groups attached to an aromatic ring is 1. The molecule has 7 heteroatoms. The molecule has 2 rings (SSSR count). The number of thioether (sulfide) groups is 1. The van der Waals surface area contributed by atoms with Crippen molar-refractivity contribution >= 4 is 40.6 Å². The predicted molar refractivity (Wildman–Crippen MR) is 82.1 cm³/mol. The average Bonchev–Trinajstić information content (AvgIpc) is 2.43. The summed E-state index contributed by atoms with van der Waals surface area (Å²) in [7, 11) is 0. The standard InChI is InChI=1S/C14H11ClF2N2OS/c15-11-7-8(1-6-12(11)18)13(20)19-9-2-4-10(5-3-9)21-14(16)17/h1-7,14H,18H2,(H,19,20). The van der Waals surface area contributed by atoms with Crippen LogP contribution >= 0.6 is 23.4 Å². The van der Waals surface area contributed by atoms with Crippen LogP contribution in [0.2, 0.25) is 5.02 Å². The Hall–Kier alpha value is -1.79. The van der Waals surface area contributed by atoms with Crippen LogP contribution in [0.5, 0.6) is 0 Å². The van der Waals surface area contributed by atoms with Gasteiger partial charge in [-0.25, -0.2) is 0 Å². The first-order chi connectivity index (χ1) is 9.95. The number of benzene rings is 2. The molecule has 0 unspecified atom stereocenters. The Morgan fingerprint density at radius 3 is 2.43 bits per heavy atom. The van der Waals surface area contributed by atoms with Crippen molar-refractivity contribution < 1.29 is 13.6 Å². The van der Waals surface area contributed by atoms with Gasteiger partial charge in [-0.2, -0.15) is 8.78 Å². The number of carbonyl (C=O) groups is 1. The Balaban J connectivity index is 2.06. The van der Waals surface area contributed by atoms with E-state index in [-0.39, 0.29) is 5.91 Å². The van der Waals surface area contributed by atoms with Crippen molar-refractivity contribution in [3.05, 3.63) is 53.1 Å². The summed E-state index contributed by atoms with van der Waals surface area (Å²) in [5.41, 5.74) is 6.83. The van der Waals surface area contributed by atoms with Gasteiger partial charge in [-0.05, 0) is 42.5 Å². The van der Waals surface area contributed by atoms with Crippen LogP contribution in [0.25, 0.3) is 0 Å². The highest BCUT2D eigenvalue weighted by atomic mass is 35.5. The zero-order valence-corrected chi connectivity index (χ0v) is 12.2. The van der Waals surface area contributed by atoms with Crippen molar-refractivity contribution in [1.29, 1.82) is 0 Å². The van der Waals surface area contributed by atoms with Gasteiger partial charge in [0.15, 0.2) is 0 Å². The summed E-state index contributed by atoms with van der Waals surface area (Å²) >= 11 is 6.30. The smallest absolute Gasteiger partial charge is 0.288 e. The molecule has 3 nitrogen and oxygen atoms in total. The molecule has 0 aliphatic carbocycles. The van der Waals surface area contributed by atoms with E-state index in [9.17, 15) is 13.6 Å². The molecule has 0 saturated carbocycles. The maximum atomic E-state index is 12.2. The number of carbonyl (C=O) groups excluding carboxylic acids is 1. The van der Waals surface area contributed by atoms with E-state index >= 15 is 0 Å². The van der Waals surface area contributed by atoms with Crippen molar-refractivity contribution in [1.82, 2.24) is 0 Å². The summed E-state index contributed by atoms with van der Waals surface area (Å²) in [5.74, 6) is -2.83. The normalized spacial score (nSPS) is 10.7. The Kier molecular flexibility index (Phi) is 5.03. The lowest BCUT2D eigenvalue weighted by Gasteiger charge is -2.07. The van der Waals surface area contributed by atoms with Crippen LogP contribution in [0, 0.1) is 0 Å². The number of halogens is 3. The molecule has 0 saturated heterocycles. The van der Waals surface area contributed by atoms with Crippen molar-refractivity contribution in [2.45, 2.75) is 10.7 Å². The average molecular weight is 329 g/mol. The summed E-state index contributed by atoms with van der Waals surface area (Å²) in [4.78, 5) is 12.4. The number of nitrogens with two attached hydrogens (primary N) is 1. The van der Waals surface area contributed by atoms with Crippen molar-refractivity contribution in [3.63, 3.8) is 0 Å². The first-order valence-corrected chi connectivity index (χ1v) is 7.13. The first-order valence-electron chi connectivity index (χ1n) is 5.87. The highest BCUT2D eigenvalue weighted by Gasteiger charge is 2.09. The fourth-order valence-corrected chi connectivity index (χ4v) is 2.27. The zero-order chi connectivity index (χ0) is 15.4. The molecular formula is C14H11ClF2N2OS. The third kappa shape index (κ3) is 4.34. The molecule has 0 radical (unpaired) electrons. The van der Waals surface area contributed by atoms with Gasteiger partial charge in [0.25, 0.3) is 11.7 Å². The van der Waals surface area contributed by atoms with E-state index in [4.69, 9.17) is 17.3 Å². The minimum Gasteiger partial charge on any atom is -0.398 e. The van der Waals surface area contributed by atoms with E-state index in [0.717, 1.165) is 0 Å². The maximum Gasteiger partial charge on any atom is 0.288 e. The number of anilines is 2. The van der Waals surface area contributed by atoms with Gasteiger partial charge in [0.2, 0.25) is 0 Å². The van der Waals surface area contributed by atoms with Gasteiger partial charge in [0, 0.05) is 16.1 Å². The second-order valence-corrected chi connectivity index (χ2v) is 5.56. The summed E-state index contributed by atoms with van der Waals surface area (Å²) in [5, 5.41) is 2.95. The summed E-state index contributed by atoms with van der Waals surface area (Å²) in [6, 6.07) is 10.7. The van der Waals surface area contributed by atoms with Crippen LogP contribution in [-0.4, -0.2) is 11.7 Å². The second-order valence-electron chi connectivity index (χ2n) is 4.09. The molecule has 0 atom stereocenters. The molecule has 2 aromatic carbocycles. The molecule has 2 aromatic rings. The van der Waals surface area contributed by atoms with E-state index in [0.29, 0.717) is 38.6 Å². The topological polar surface area (TPSA) is 55.1 Å². The number of alkyl halides is 2. The predicted octanol–water partition coefficient (Wildman–Crippen LogP) is 4.49. The van der Waals surface area contributed by atoms with Crippen LogP contribution < -0.4 is 11.1 Å². The molecule has 21 heavy (non-hydrogen) atoms. The van der Waals surface area contributed by atoms with Crippen LogP contribution in [0.1, 0.15) is 10.4 Å². The number of hydrogen-bond acceptors (Lipinski definition) is 3. The Morgan fingerprint density at radius 2 is 1.86 bits per heavy atom. The van der Waals surface area contributed by atoms with E-state index in [1.807, 2.05) is 0 Å². The number of nitrogens with one attached hydrogen (secondary N) is 1. The van der Waals surface area contributed by atoms with Crippen LogP contribution in [-0.2, 0) is 0 Å². The summed E-state index contributed by atoms with van der Waals surface area (Å²) < 4.78 is 24.4. The van der Waals surface area contributed by atoms with Gasteiger partial charge in [-0.1, -0.05) is 23.4 Å². The molecule has 110 valence electrons. The molecule has 1 amide bonds. The molecule has 0 aromatic heterocycles. The van der Waals surface area contributed by atoms with Crippen molar-refractivity contribution in [3.8, 4) is 0 Å². The Labute approximate surface area is 129 Å². The van der Waals surface area contributed by atoms with E-state index < -0.39 is 5.76 Å². The van der Waals surface area contributed by atoms with E-state index in [2.05, 4.69) is 5.32 Å². The number of amides is 1. The van der Waals surface area contributed by atoms with Crippen molar-refractivity contribution in [2.75, 3.05) is 11.1 Å². The summed E-state index contributed by atoms with van der Waals surface area (Å²) in [6.07, 6.45) is 0. The third-order valence-corrected chi connectivity index (χ3v) is 3.65.